The van der Waals surface area contributed by atoms with Crippen molar-refractivity contribution in [2.45, 2.75) is 51.6 Å². The van der Waals surface area contributed by atoms with Crippen LogP contribution in [0.1, 0.15) is 40.0 Å². The van der Waals surface area contributed by atoms with Gasteiger partial charge in [-0.05, 0) is 65.2 Å². The molecule has 0 aromatic rings. The molecule has 3 heteroatoms. The zero-order chi connectivity index (χ0) is 14.0. The van der Waals surface area contributed by atoms with Gasteiger partial charge < -0.3 is 10.2 Å². The molecule has 0 amide bonds. The molecule has 2 unspecified atom stereocenters. The van der Waals surface area contributed by atoms with E-state index in [2.05, 4.69) is 50.0 Å². The minimum absolute atomic E-state index is 0.378. The van der Waals surface area contributed by atoms with Gasteiger partial charge in [0.1, 0.15) is 0 Å². The summed E-state index contributed by atoms with van der Waals surface area (Å²) in [5.41, 5.74) is 0.378. The first-order valence-corrected chi connectivity index (χ1v) is 8.06. The van der Waals surface area contributed by atoms with Gasteiger partial charge in [-0.3, -0.25) is 4.90 Å². The summed E-state index contributed by atoms with van der Waals surface area (Å²) in [6, 6.07) is 0.717. The van der Waals surface area contributed by atoms with Crippen LogP contribution in [0.15, 0.2) is 0 Å². The number of piperazine rings is 1. The summed E-state index contributed by atoms with van der Waals surface area (Å²) in [6.07, 6.45) is 4.15. The molecule has 112 valence electrons. The van der Waals surface area contributed by atoms with E-state index in [1.807, 2.05) is 0 Å². The van der Waals surface area contributed by atoms with Gasteiger partial charge >= 0.3 is 0 Å². The third-order valence-electron chi connectivity index (χ3n) is 5.01. The Bertz CT molecular complexity index is 286. The summed E-state index contributed by atoms with van der Waals surface area (Å²) in [4.78, 5) is 5.07. The number of rotatable bonds is 6. The summed E-state index contributed by atoms with van der Waals surface area (Å²) in [6.45, 7) is 12.1. The van der Waals surface area contributed by atoms with Gasteiger partial charge in [-0.25, -0.2) is 0 Å². The normalized spacial score (nSPS) is 33.3. The molecule has 0 aromatic carbocycles. The Labute approximate surface area is 119 Å². The number of hydrogen-bond acceptors (Lipinski definition) is 3. The summed E-state index contributed by atoms with van der Waals surface area (Å²) in [5.74, 6) is 1.67. The molecule has 1 heterocycles. The molecule has 2 rings (SSSR count). The molecule has 0 bridgehead atoms. The lowest BCUT2D eigenvalue weighted by atomic mass is 9.88. The highest BCUT2D eigenvalue weighted by Crippen LogP contribution is 2.41. The van der Waals surface area contributed by atoms with E-state index >= 15 is 0 Å². The van der Waals surface area contributed by atoms with Crippen molar-refractivity contribution in [3.05, 3.63) is 0 Å². The molecular formula is C16H33N3. The van der Waals surface area contributed by atoms with Crippen LogP contribution in [0.5, 0.6) is 0 Å². The van der Waals surface area contributed by atoms with Crippen molar-refractivity contribution in [1.82, 2.24) is 15.1 Å². The van der Waals surface area contributed by atoms with Crippen molar-refractivity contribution in [3.63, 3.8) is 0 Å². The Balaban J connectivity index is 1.92. The predicted octanol–water partition coefficient (Wildman–Crippen LogP) is 2.04. The fourth-order valence-electron chi connectivity index (χ4n) is 3.55. The Hall–Kier alpha value is -0.120. The van der Waals surface area contributed by atoms with E-state index in [0.717, 1.165) is 11.8 Å². The predicted molar refractivity (Wildman–Crippen MR) is 82.5 cm³/mol. The van der Waals surface area contributed by atoms with Crippen LogP contribution in [0.4, 0.5) is 0 Å². The van der Waals surface area contributed by atoms with Gasteiger partial charge in [0.15, 0.2) is 0 Å². The van der Waals surface area contributed by atoms with E-state index in [0.29, 0.717) is 11.6 Å². The smallest absolute Gasteiger partial charge is 0.0309 e. The second-order valence-corrected chi connectivity index (χ2v) is 7.51. The maximum absolute atomic E-state index is 3.87. The van der Waals surface area contributed by atoms with Gasteiger partial charge in [0.2, 0.25) is 0 Å². The van der Waals surface area contributed by atoms with Gasteiger partial charge in [-0.15, -0.1) is 0 Å². The molecule has 1 aliphatic carbocycles. The fourth-order valence-corrected chi connectivity index (χ4v) is 3.55. The second kappa shape index (κ2) is 6.11. The topological polar surface area (TPSA) is 18.5 Å². The summed E-state index contributed by atoms with van der Waals surface area (Å²) in [5, 5.41) is 3.87. The first-order chi connectivity index (χ1) is 8.92. The van der Waals surface area contributed by atoms with Gasteiger partial charge in [-0.2, -0.15) is 0 Å². The van der Waals surface area contributed by atoms with Crippen molar-refractivity contribution in [2.24, 2.45) is 11.8 Å². The molecule has 0 spiro atoms. The van der Waals surface area contributed by atoms with E-state index in [1.54, 1.807) is 0 Å². The summed E-state index contributed by atoms with van der Waals surface area (Å²) in [7, 11) is 4.35. The van der Waals surface area contributed by atoms with Crippen LogP contribution in [0.2, 0.25) is 0 Å². The molecule has 2 aliphatic rings. The minimum Gasteiger partial charge on any atom is -0.309 e. The van der Waals surface area contributed by atoms with Gasteiger partial charge in [0.05, 0.1) is 0 Å². The molecule has 1 saturated heterocycles. The van der Waals surface area contributed by atoms with E-state index in [9.17, 15) is 0 Å². The number of nitrogens with zero attached hydrogens (tertiary/aromatic N) is 2. The number of nitrogens with one attached hydrogen (secondary N) is 1. The molecule has 2 fully saturated rings. The highest BCUT2D eigenvalue weighted by atomic mass is 15.3. The van der Waals surface area contributed by atoms with Crippen molar-refractivity contribution in [3.8, 4) is 0 Å². The molecule has 1 N–H and O–H groups in total. The third-order valence-corrected chi connectivity index (χ3v) is 5.01. The lowest BCUT2D eigenvalue weighted by molar-refractivity contribution is 0.0502. The molecule has 0 radical (unpaired) electrons. The average Bonchev–Trinajstić information content (AvgIpc) is 3.12. The maximum atomic E-state index is 3.87. The van der Waals surface area contributed by atoms with E-state index in [-0.39, 0.29) is 0 Å². The van der Waals surface area contributed by atoms with E-state index < -0.39 is 0 Å². The Morgan fingerprint density at radius 3 is 2.53 bits per heavy atom. The number of hydrogen-bond donors (Lipinski definition) is 1. The van der Waals surface area contributed by atoms with Crippen LogP contribution in [0.25, 0.3) is 0 Å². The SMILES string of the molecule is CC(C)C1CNC(C)(C2CC2)CN1CCCN(C)C. The van der Waals surface area contributed by atoms with Crippen LogP contribution in [-0.4, -0.2) is 61.7 Å². The van der Waals surface area contributed by atoms with Crippen LogP contribution in [0, 0.1) is 11.8 Å². The minimum atomic E-state index is 0.378. The highest BCUT2D eigenvalue weighted by Gasteiger charge is 2.46. The quantitative estimate of drug-likeness (QED) is 0.794. The van der Waals surface area contributed by atoms with Crippen molar-refractivity contribution < 1.29 is 0 Å². The Kier molecular flexibility index (Phi) is 4.91. The van der Waals surface area contributed by atoms with Crippen LogP contribution >= 0.6 is 0 Å². The fraction of sp³-hybridized carbons (Fsp3) is 1.00. The Morgan fingerprint density at radius 2 is 2.00 bits per heavy atom. The van der Waals surface area contributed by atoms with Gasteiger partial charge in [0.25, 0.3) is 0 Å². The van der Waals surface area contributed by atoms with Crippen molar-refractivity contribution in [2.75, 3.05) is 40.3 Å². The van der Waals surface area contributed by atoms with Gasteiger partial charge in [-0.1, -0.05) is 13.8 Å². The van der Waals surface area contributed by atoms with E-state index in [4.69, 9.17) is 0 Å². The molecule has 1 saturated carbocycles. The second-order valence-electron chi connectivity index (χ2n) is 7.51. The standard InChI is InChI=1S/C16H33N3/c1-13(2)15-11-17-16(3,14-7-8-14)12-19(15)10-6-9-18(4)5/h13-15,17H,6-12H2,1-5H3. The monoisotopic (exact) mass is 267 g/mol. The first kappa shape index (κ1) is 15.3. The lowest BCUT2D eigenvalue weighted by Gasteiger charge is -2.48. The summed E-state index contributed by atoms with van der Waals surface area (Å²) >= 11 is 0. The first-order valence-electron chi connectivity index (χ1n) is 8.06. The molecule has 3 nitrogen and oxygen atoms in total. The Morgan fingerprint density at radius 1 is 1.32 bits per heavy atom. The largest absolute Gasteiger partial charge is 0.309 e. The van der Waals surface area contributed by atoms with Crippen molar-refractivity contribution >= 4 is 0 Å². The van der Waals surface area contributed by atoms with Crippen LogP contribution in [-0.2, 0) is 0 Å². The molecular weight excluding hydrogens is 234 g/mol. The molecule has 1 aliphatic heterocycles. The zero-order valence-corrected chi connectivity index (χ0v) is 13.6. The molecule has 2 atom stereocenters. The lowest BCUT2D eigenvalue weighted by Crippen LogP contribution is -2.65. The van der Waals surface area contributed by atoms with Gasteiger partial charge in [0, 0.05) is 24.7 Å². The summed E-state index contributed by atoms with van der Waals surface area (Å²) < 4.78 is 0. The molecule has 0 aromatic heterocycles. The zero-order valence-electron chi connectivity index (χ0n) is 13.6. The van der Waals surface area contributed by atoms with E-state index in [1.165, 1.54) is 45.4 Å². The van der Waals surface area contributed by atoms with Crippen molar-refractivity contribution in [1.29, 1.82) is 0 Å². The highest BCUT2D eigenvalue weighted by molar-refractivity contribution is 5.04. The van der Waals surface area contributed by atoms with Crippen LogP contribution < -0.4 is 5.32 Å². The van der Waals surface area contributed by atoms with Crippen LogP contribution in [0.3, 0.4) is 0 Å². The maximum Gasteiger partial charge on any atom is 0.0309 e. The third kappa shape index (κ3) is 3.93. The molecule has 19 heavy (non-hydrogen) atoms. The average molecular weight is 267 g/mol.